The highest BCUT2D eigenvalue weighted by atomic mass is 16.5. The van der Waals surface area contributed by atoms with Crippen LogP contribution in [0.3, 0.4) is 0 Å². The van der Waals surface area contributed by atoms with Gasteiger partial charge in [0.05, 0.1) is 18.2 Å². The van der Waals surface area contributed by atoms with Gasteiger partial charge in [0.2, 0.25) is 0 Å². The van der Waals surface area contributed by atoms with Gasteiger partial charge in [0, 0.05) is 0 Å². The summed E-state index contributed by atoms with van der Waals surface area (Å²) in [4.78, 5) is 23.6. The van der Waals surface area contributed by atoms with Gasteiger partial charge >= 0.3 is 11.9 Å². The zero-order chi connectivity index (χ0) is 18.4. The number of carboxylic acids is 1. The molecule has 2 rings (SSSR count). The first-order chi connectivity index (χ1) is 12.0. The second-order valence-corrected chi connectivity index (χ2v) is 6.05. The Hall–Kier alpha value is -2.62. The third kappa shape index (κ3) is 4.27. The van der Waals surface area contributed by atoms with Crippen LogP contribution in [0.5, 0.6) is 0 Å². The van der Waals surface area contributed by atoms with E-state index in [2.05, 4.69) is 13.8 Å². The highest BCUT2D eigenvalue weighted by Crippen LogP contribution is 2.31. The SMILES string of the molecule is CCCc1ccc(C(=O)O)c(-c2cc(C(=O)OC)ccc2CCC)c1. The van der Waals surface area contributed by atoms with Gasteiger partial charge in [-0.3, -0.25) is 0 Å². The van der Waals surface area contributed by atoms with E-state index in [4.69, 9.17) is 4.74 Å². The van der Waals surface area contributed by atoms with Crippen molar-refractivity contribution < 1.29 is 19.4 Å². The third-order valence-electron chi connectivity index (χ3n) is 4.19. The van der Waals surface area contributed by atoms with Crippen LogP contribution in [0.4, 0.5) is 0 Å². The molecule has 4 heteroatoms. The molecular formula is C21H24O4. The van der Waals surface area contributed by atoms with E-state index in [1.165, 1.54) is 7.11 Å². The molecule has 0 aliphatic carbocycles. The minimum Gasteiger partial charge on any atom is -0.478 e. The predicted molar refractivity (Wildman–Crippen MR) is 98.2 cm³/mol. The number of esters is 1. The number of carbonyl (C=O) groups is 2. The Balaban J connectivity index is 2.70. The number of methoxy groups -OCH3 is 1. The van der Waals surface area contributed by atoms with Gasteiger partial charge in [-0.2, -0.15) is 0 Å². The molecule has 0 aromatic heterocycles. The van der Waals surface area contributed by atoms with E-state index in [1.807, 2.05) is 18.2 Å². The van der Waals surface area contributed by atoms with Crippen LogP contribution in [0.2, 0.25) is 0 Å². The average Bonchev–Trinajstić information content (AvgIpc) is 2.61. The fourth-order valence-corrected chi connectivity index (χ4v) is 3.00. The Morgan fingerprint density at radius 2 is 1.68 bits per heavy atom. The molecule has 2 aromatic rings. The standard InChI is InChI=1S/C21H24O4/c1-4-6-14-8-11-17(20(22)23)19(12-14)18-13-16(21(24)25-3)10-9-15(18)7-5-2/h8-13H,4-7H2,1-3H3,(H,22,23). The van der Waals surface area contributed by atoms with Crippen LogP contribution in [-0.2, 0) is 17.6 Å². The largest absolute Gasteiger partial charge is 0.478 e. The first-order valence-electron chi connectivity index (χ1n) is 8.59. The van der Waals surface area contributed by atoms with Crippen LogP contribution in [0, 0.1) is 0 Å². The van der Waals surface area contributed by atoms with E-state index in [9.17, 15) is 14.7 Å². The summed E-state index contributed by atoms with van der Waals surface area (Å²) in [7, 11) is 1.34. The first kappa shape index (κ1) is 18.7. The van der Waals surface area contributed by atoms with Crippen LogP contribution in [-0.4, -0.2) is 24.2 Å². The Kier molecular flexibility index (Phi) is 6.34. The van der Waals surface area contributed by atoms with Crippen molar-refractivity contribution in [3.05, 3.63) is 58.7 Å². The van der Waals surface area contributed by atoms with Gasteiger partial charge in [-0.15, -0.1) is 0 Å². The number of rotatable bonds is 7. The van der Waals surface area contributed by atoms with Gasteiger partial charge in [-0.25, -0.2) is 9.59 Å². The lowest BCUT2D eigenvalue weighted by atomic mass is 9.90. The minimum absolute atomic E-state index is 0.249. The summed E-state index contributed by atoms with van der Waals surface area (Å²) in [6.07, 6.45) is 3.61. The number of ether oxygens (including phenoxy) is 1. The molecule has 25 heavy (non-hydrogen) atoms. The second kappa shape index (κ2) is 8.47. The van der Waals surface area contributed by atoms with Crippen LogP contribution in [0.15, 0.2) is 36.4 Å². The van der Waals surface area contributed by atoms with Crippen molar-refractivity contribution in [2.45, 2.75) is 39.5 Å². The molecule has 0 saturated heterocycles. The fourth-order valence-electron chi connectivity index (χ4n) is 3.00. The van der Waals surface area contributed by atoms with Crippen LogP contribution in [0.1, 0.15) is 58.5 Å². The molecule has 0 amide bonds. The molecule has 0 saturated carbocycles. The molecule has 0 aliphatic heterocycles. The van der Waals surface area contributed by atoms with Gasteiger partial charge in [-0.1, -0.05) is 44.9 Å². The minimum atomic E-state index is -0.969. The van der Waals surface area contributed by atoms with Crippen molar-refractivity contribution in [2.24, 2.45) is 0 Å². The van der Waals surface area contributed by atoms with E-state index in [-0.39, 0.29) is 5.56 Å². The van der Waals surface area contributed by atoms with E-state index < -0.39 is 11.9 Å². The summed E-state index contributed by atoms with van der Waals surface area (Å²) in [6.45, 7) is 4.16. The Bertz CT molecular complexity index is 777. The summed E-state index contributed by atoms with van der Waals surface area (Å²) in [5.41, 5.74) is 4.25. The van der Waals surface area contributed by atoms with Crippen LogP contribution >= 0.6 is 0 Å². The maximum atomic E-state index is 11.9. The number of carboxylic acid groups (broad SMARTS) is 1. The molecule has 0 fully saturated rings. The van der Waals surface area contributed by atoms with Crippen molar-refractivity contribution in [1.29, 1.82) is 0 Å². The predicted octanol–water partition coefficient (Wildman–Crippen LogP) is 4.74. The summed E-state index contributed by atoms with van der Waals surface area (Å²) in [5, 5.41) is 9.60. The van der Waals surface area contributed by atoms with E-state index in [0.717, 1.165) is 42.4 Å². The molecule has 0 unspecified atom stereocenters. The molecule has 0 spiro atoms. The monoisotopic (exact) mass is 340 g/mol. The molecule has 0 heterocycles. The number of benzene rings is 2. The zero-order valence-electron chi connectivity index (χ0n) is 15.0. The van der Waals surface area contributed by atoms with E-state index in [1.54, 1.807) is 18.2 Å². The highest BCUT2D eigenvalue weighted by molar-refractivity contribution is 5.98. The molecule has 2 aromatic carbocycles. The number of hydrogen-bond acceptors (Lipinski definition) is 3. The van der Waals surface area contributed by atoms with E-state index >= 15 is 0 Å². The van der Waals surface area contributed by atoms with Gasteiger partial charge in [-0.05, 0) is 53.3 Å². The molecule has 0 radical (unpaired) electrons. The lowest BCUT2D eigenvalue weighted by molar-refractivity contribution is 0.0600. The van der Waals surface area contributed by atoms with Crippen LogP contribution < -0.4 is 0 Å². The highest BCUT2D eigenvalue weighted by Gasteiger charge is 2.17. The molecule has 0 bridgehead atoms. The zero-order valence-corrected chi connectivity index (χ0v) is 15.0. The normalized spacial score (nSPS) is 10.5. The fraction of sp³-hybridized carbons (Fsp3) is 0.333. The topological polar surface area (TPSA) is 63.6 Å². The van der Waals surface area contributed by atoms with Crippen LogP contribution in [0.25, 0.3) is 11.1 Å². The third-order valence-corrected chi connectivity index (χ3v) is 4.19. The second-order valence-electron chi connectivity index (χ2n) is 6.05. The lowest BCUT2D eigenvalue weighted by Gasteiger charge is -2.15. The summed E-state index contributed by atoms with van der Waals surface area (Å²) >= 11 is 0. The van der Waals surface area contributed by atoms with Crippen molar-refractivity contribution in [3.8, 4) is 11.1 Å². The van der Waals surface area contributed by atoms with Crippen molar-refractivity contribution in [1.82, 2.24) is 0 Å². The molecule has 0 aliphatic rings. The maximum absolute atomic E-state index is 11.9. The number of hydrogen-bond donors (Lipinski definition) is 1. The summed E-state index contributed by atoms with van der Waals surface area (Å²) in [5.74, 6) is -1.39. The molecule has 1 N–H and O–H groups in total. The molecular weight excluding hydrogens is 316 g/mol. The van der Waals surface area contributed by atoms with Crippen molar-refractivity contribution in [3.63, 3.8) is 0 Å². The van der Waals surface area contributed by atoms with Gasteiger partial charge < -0.3 is 9.84 Å². The van der Waals surface area contributed by atoms with Gasteiger partial charge in [0.25, 0.3) is 0 Å². The van der Waals surface area contributed by atoms with Gasteiger partial charge in [0.1, 0.15) is 0 Å². The smallest absolute Gasteiger partial charge is 0.337 e. The Morgan fingerprint density at radius 3 is 2.28 bits per heavy atom. The molecule has 4 nitrogen and oxygen atoms in total. The summed E-state index contributed by atoms with van der Waals surface area (Å²) in [6, 6.07) is 10.8. The number of aryl methyl sites for hydroxylation is 2. The van der Waals surface area contributed by atoms with E-state index in [0.29, 0.717) is 11.1 Å². The Morgan fingerprint density at radius 1 is 0.960 bits per heavy atom. The molecule has 0 atom stereocenters. The molecule has 132 valence electrons. The van der Waals surface area contributed by atoms with Crippen molar-refractivity contribution >= 4 is 11.9 Å². The number of aromatic carboxylic acids is 1. The van der Waals surface area contributed by atoms with Crippen molar-refractivity contribution in [2.75, 3.05) is 7.11 Å². The summed E-state index contributed by atoms with van der Waals surface area (Å²) < 4.78 is 4.81. The van der Waals surface area contributed by atoms with Gasteiger partial charge in [0.15, 0.2) is 0 Å². The Labute approximate surface area is 148 Å². The number of carbonyl (C=O) groups excluding carboxylic acids is 1. The average molecular weight is 340 g/mol. The maximum Gasteiger partial charge on any atom is 0.337 e. The lowest BCUT2D eigenvalue weighted by Crippen LogP contribution is -2.05. The first-order valence-corrected chi connectivity index (χ1v) is 8.59. The quantitative estimate of drug-likeness (QED) is 0.739.